The summed E-state index contributed by atoms with van der Waals surface area (Å²) in [7, 11) is 0. The topological polar surface area (TPSA) is 88.3 Å². The number of carboxylic acids is 1. The summed E-state index contributed by atoms with van der Waals surface area (Å²) in [6.45, 7) is 5.81. The van der Waals surface area contributed by atoms with Gasteiger partial charge in [0.15, 0.2) is 5.65 Å². The quantitative estimate of drug-likeness (QED) is 0.724. The molecule has 0 bridgehead atoms. The van der Waals surface area contributed by atoms with Gasteiger partial charge in [0.05, 0.1) is 22.8 Å². The van der Waals surface area contributed by atoms with E-state index in [1.54, 1.807) is 30.8 Å². The molecule has 0 radical (unpaired) electrons. The van der Waals surface area contributed by atoms with E-state index in [1.165, 1.54) is 4.90 Å². The van der Waals surface area contributed by atoms with Crippen LogP contribution in [0.25, 0.3) is 22.3 Å². The zero-order valence-corrected chi connectivity index (χ0v) is 15.6. The number of amides is 1. The van der Waals surface area contributed by atoms with Crippen LogP contribution in [-0.4, -0.2) is 49.2 Å². The number of carbonyl (C=O) groups excluding carboxylic acids is 1. The molecule has 3 rings (SSSR count). The van der Waals surface area contributed by atoms with Crippen molar-refractivity contribution >= 4 is 22.9 Å². The molecule has 1 amide bonds. The summed E-state index contributed by atoms with van der Waals surface area (Å²) in [6, 6.07) is 11.0. The maximum atomic E-state index is 13.2. The second kappa shape index (κ2) is 7.57. The van der Waals surface area contributed by atoms with E-state index in [-0.39, 0.29) is 18.5 Å². The molecule has 0 fully saturated rings. The van der Waals surface area contributed by atoms with Crippen LogP contribution in [0.2, 0.25) is 0 Å². The van der Waals surface area contributed by atoms with Crippen LogP contribution in [0.1, 0.15) is 31.1 Å². The molecule has 27 heavy (non-hydrogen) atoms. The number of aromatic nitrogens is 3. The van der Waals surface area contributed by atoms with Crippen molar-refractivity contribution in [1.29, 1.82) is 0 Å². The summed E-state index contributed by atoms with van der Waals surface area (Å²) >= 11 is 0. The Bertz CT molecular complexity index is 980. The highest BCUT2D eigenvalue weighted by Gasteiger charge is 2.25. The second-order valence-electron chi connectivity index (χ2n) is 6.54. The molecule has 1 N–H and O–H groups in total. The fraction of sp³-hybridized carbons (Fsp3) is 0.300. The fourth-order valence-corrected chi connectivity index (χ4v) is 3.00. The lowest BCUT2D eigenvalue weighted by Gasteiger charge is -2.25. The first-order valence-electron chi connectivity index (χ1n) is 8.87. The monoisotopic (exact) mass is 366 g/mol. The average Bonchev–Trinajstić information content (AvgIpc) is 3.08. The summed E-state index contributed by atoms with van der Waals surface area (Å²) in [4.78, 5) is 30.5. The predicted octanol–water partition coefficient (Wildman–Crippen LogP) is 3.05. The molecule has 0 saturated heterocycles. The van der Waals surface area contributed by atoms with Crippen molar-refractivity contribution in [1.82, 2.24) is 19.7 Å². The fourth-order valence-electron chi connectivity index (χ4n) is 3.00. The van der Waals surface area contributed by atoms with Gasteiger partial charge in [-0.15, -0.1) is 0 Å². The highest BCUT2D eigenvalue weighted by molar-refractivity contribution is 6.07. The van der Waals surface area contributed by atoms with E-state index in [1.807, 2.05) is 37.3 Å². The van der Waals surface area contributed by atoms with Crippen molar-refractivity contribution in [3.8, 4) is 11.3 Å². The lowest BCUT2D eigenvalue weighted by atomic mass is 10.1. The van der Waals surface area contributed by atoms with Gasteiger partial charge in [0.25, 0.3) is 5.91 Å². The molecule has 140 valence electrons. The summed E-state index contributed by atoms with van der Waals surface area (Å²) < 4.78 is 1.73. The average molecular weight is 366 g/mol. The number of benzene rings is 1. The number of aryl methyl sites for hydroxylation is 1. The van der Waals surface area contributed by atoms with Gasteiger partial charge in [-0.05, 0) is 26.8 Å². The molecule has 0 unspecified atom stereocenters. The largest absolute Gasteiger partial charge is 0.480 e. The first-order valence-corrected chi connectivity index (χ1v) is 8.87. The highest BCUT2D eigenvalue weighted by atomic mass is 16.4. The van der Waals surface area contributed by atoms with E-state index >= 15 is 0 Å². The number of rotatable bonds is 6. The van der Waals surface area contributed by atoms with Crippen LogP contribution < -0.4 is 0 Å². The van der Waals surface area contributed by atoms with E-state index in [4.69, 9.17) is 4.98 Å². The SMILES string of the molecule is CCn1ncc2c(C(=O)N(CC(=O)O)C(C)C)cc(-c3ccccc3)nc21. The number of carbonyl (C=O) groups is 2. The Labute approximate surface area is 157 Å². The Balaban J connectivity index is 2.20. The predicted molar refractivity (Wildman–Crippen MR) is 102 cm³/mol. The van der Waals surface area contributed by atoms with Crippen LogP contribution in [0.5, 0.6) is 0 Å². The minimum Gasteiger partial charge on any atom is -0.480 e. The van der Waals surface area contributed by atoms with Crippen molar-refractivity contribution in [2.45, 2.75) is 33.4 Å². The standard InChI is InChI=1S/C20H22N4O3/c1-4-24-19-16(11-21-24)15(20(27)23(13(2)3)12-18(25)26)10-17(22-19)14-8-6-5-7-9-14/h5-11,13H,4,12H2,1-3H3,(H,25,26). The molecule has 2 aromatic heterocycles. The third-order valence-corrected chi connectivity index (χ3v) is 4.40. The molecular weight excluding hydrogens is 344 g/mol. The van der Waals surface area contributed by atoms with Crippen LogP contribution >= 0.6 is 0 Å². The number of carboxylic acid groups (broad SMARTS) is 1. The molecule has 3 aromatic rings. The zero-order chi connectivity index (χ0) is 19.6. The summed E-state index contributed by atoms with van der Waals surface area (Å²) in [5, 5.41) is 14.1. The normalized spacial score (nSPS) is 11.1. The molecule has 0 aliphatic carbocycles. The van der Waals surface area contributed by atoms with E-state index in [9.17, 15) is 14.7 Å². The molecule has 2 heterocycles. The number of aliphatic carboxylic acids is 1. The van der Waals surface area contributed by atoms with Gasteiger partial charge in [0.1, 0.15) is 6.54 Å². The van der Waals surface area contributed by atoms with Gasteiger partial charge < -0.3 is 10.0 Å². The number of pyridine rings is 1. The third kappa shape index (κ3) is 3.67. The second-order valence-corrected chi connectivity index (χ2v) is 6.54. The van der Waals surface area contributed by atoms with Gasteiger partial charge in [-0.25, -0.2) is 9.67 Å². The molecule has 1 aromatic carbocycles. The van der Waals surface area contributed by atoms with E-state index in [0.717, 1.165) is 5.56 Å². The Hall–Kier alpha value is -3.22. The Morgan fingerprint density at radius 3 is 2.52 bits per heavy atom. The Kier molecular flexibility index (Phi) is 5.21. The number of nitrogens with zero attached hydrogens (tertiary/aromatic N) is 4. The van der Waals surface area contributed by atoms with Crippen LogP contribution in [0.4, 0.5) is 0 Å². The summed E-state index contributed by atoms with van der Waals surface area (Å²) in [5.74, 6) is -1.39. The Morgan fingerprint density at radius 1 is 1.22 bits per heavy atom. The van der Waals surface area contributed by atoms with Crippen LogP contribution in [0.15, 0.2) is 42.6 Å². The van der Waals surface area contributed by atoms with Crippen molar-refractivity contribution in [3.63, 3.8) is 0 Å². The van der Waals surface area contributed by atoms with Crippen molar-refractivity contribution in [2.24, 2.45) is 0 Å². The molecule has 0 atom stereocenters. The van der Waals surface area contributed by atoms with E-state index in [0.29, 0.717) is 28.8 Å². The highest BCUT2D eigenvalue weighted by Crippen LogP contribution is 2.26. The maximum Gasteiger partial charge on any atom is 0.323 e. The molecule has 7 nitrogen and oxygen atoms in total. The van der Waals surface area contributed by atoms with Crippen LogP contribution in [0.3, 0.4) is 0 Å². The molecule has 0 aliphatic heterocycles. The Morgan fingerprint density at radius 2 is 1.93 bits per heavy atom. The van der Waals surface area contributed by atoms with E-state index < -0.39 is 5.97 Å². The van der Waals surface area contributed by atoms with Gasteiger partial charge in [0.2, 0.25) is 0 Å². The van der Waals surface area contributed by atoms with Crippen molar-refractivity contribution < 1.29 is 14.7 Å². The van der Waals surface area contributed by atoms with Crippen LogP contribution in [-0.2, 0) is 11.3 Å². The first-order chi connectivity index (χ1) is 12.9. The first kappa shape index (κ1) is 18.6. The number of hydrogen-bond acceptors (Lipinski definition) is 4. The van der Waals surface area contributed by atoms with Gasteiger partial charge in [-0.2, -0.15) is 5.10 Å². The number of fused-ring (bicyclic) bond motifs is 1. The van der Waals surface area contributed by atoms with Crippen molar-refractivity contribution in [2.75, 3.05) is 6.54 Å². The maximum absolute atomic E-state index is 13.2. The minimum atomic E-state index is -1.05. The third-order valence-electron chi connectivity index (χ3n) is 4.40. The van der Waals surface area contributed by atoms with Gasteiger partial charge in [0, 0.05) is 18.2 Å². The zero-order valence-electron chi connectivity index (χ0n) is 15.6. The molecular formula is C20H22N4O3. The molecule has 7 heteroatoms. The minimum absolute atomic E-state index is 0.252. The molecule has 0 aliphatic rings. The van der Waals surface area contributed by atoms with Crippen LogP contribution in [0, 0.1) is 0 Å². The van der Waals surface area contributed by atoms with E-state index in [2.05, 4.69) is 5.10 Å². The lowest BCUT2D eigenvalue weighted by molar-refractivity contribution is -0.138. The van der Waals surface area contributed by atoms with Gasteiger partial charge >= 0.3 is 5.97 Å². The van der Waals surface area contributed by atoms with Gasteiger partial charge in [-0.1, -0.05) is 30.3 Å². The molecule has 0 spiro atoms. The van der Waals surface area contributed by atoms with Crippen molar-refractivity contribution in [3.05, 3.63) is 48.2 Å². The summed E-state index contributed by atoms with van der Waals surface area (Å²) in [5.41, 5.74) is 2.56. The summed E-state index contributed by atoms with van der Waals surface area (Å²) in [6.07, 6.45) is 1.62. The lowest BCUT2D eigenvalue weighted by Crippen LogP contribution is -2.40. The molecule has 0 saturated carbocycles. The number of hydrogen-bond donors (Lipinski definition) is 1. The smallest absolute Gasteiger partial charge is 0.323 e. The van der Waals surface area contributed by atoms with Gasteiger partial charge in [-0.3, -0.25) is 9.59 Å².